The van der Waals surface area contributed by atoms with Crippen LogP contribution in [0, 0.1) is 6.92 Å². The van der Waals surface area contributed by atoms with Crippen molar-refractivity contribution in [3.63, 3.8) is 0 Å². The zero-order valence-corrected chi connectivity index (χ0v) is 12.0. The number of fused-ring (bicyclic) bond motifs is 1. The fourth-order valence-corrected chi connectivity index (χ4v) is 2.12. The van der Waals surface area contributed by atoms with Crippen molar-refractivity contribution in [3.05, 3.63) is 24.3 Å². The predicted octanol–water partition coefficient (Wildman–Crippen LogP) is 1.34. The van der Waals surface area contributed by atoms with E-state index in [1.54, 1.807) is 6.20 Å². The molecule has 1 fully saturated rings. The second-order valence-electron chi connectivity index (χ2n) is 6.07. The second kappa shape index (κ2) is 3.80. The van der Waals surface area contributed by atoms with E-state index in [4.69, 9.17) is 9.31 Å². The molecule has 1 aliphatic heterocycles. The molecule has 19 heavy (non-hydrogen) atoms. The molecule has 1 saturated heterocycles. The average Bonchev–Trinajstić information content (AvgIpc) is 2.74. The van der Waals surface area contributed by atoms with E-state index in [9.17, 15) is 0 Å². The lowest BCUT2D eigenvalue weighted by molar-refractivity contribution is 0.00578. The van der Waals surface area contributed by atoms with Crippen LogP contribution in [-0.4, -0.2) is 32.7 Å². The van der Waals surface area contributed by atoms with Crippen molar-refractivity contribution in [2.45, 2.75) is 45.8 Å². The Morgan fingerprint density at radius 1 is 1.11 bits per heavy atom. The molecule has 0 spiro atoms. The summed E-state index contributed by atoms with van der Waals surface area (Å²) in [5, 5.41) is 0. The molecule has 0 atom stereocenters. The van der Waals surface area contributed by atoms with Crippen LogP contribution in [0.3, 0.4) is 0 Å². The van der Waals surface area contributed by atoms with Gasteiger partial charge in [-0.25, -0.2) is 9.97 Å². The van der Waals surface area contributed by atoms with E-state index in [1.165, 1.54) is 0 Å². The Morgan fingerprint density at radius 3 is 2.37 bits per heavy atom. The number of hydrogen-bond acceptors (Lipinski definition) is 4. The van der Waals surface area contributed by atoms with Gasteiger partial charge in [0.05, 0.1) is 16.9 Å². The van der Waals surface area contributed by atoms with E-state index in [-0.39, 0.29) is 18.3 Å². The number of rotatable bonds is 1. The highest BCUT2D eigenvalue weighted by atomic mass is 16.7. The molecule has 2 aromatic heterocycles. The standard InChI is InChI=1S/C13H18BN3O2/c1-9-7-17-8-10(6-15-11(17)16-9)14-18-12(2,3)13(4,5)19-14/h6-8H,1-5H3. The lowest BCUT2D eigenvalue weighted by Gasteiger charge is -2.32. The van der Waals surface area contributed by atoms with Gasteiger partial charge in [-0.15, -0.1) is 0 Å². The lowest BCUT2D eigenvalue weighted by Crippen LogP contribution is -2.41. The summed E-state index contributed by atoms with van der Waals surface area (Å²) in [4.78, 5) is 8.64. The first kappa shape index (κ1) is 12.6. The first-order valence-corrected chi connectivity index (χ1v) is 6.45. The highest BCUT2D eigenvalue weighted by Gasteiger charge is 2.51. The smallest absolute Gasteiger partial charge is 0.399 e. The quantitative estimate of drug-likeness (QED) is 0.725. The Bertz CT molecular complexity index is 620. The van der Waals surface area contributed by atoms with E-state index >= 15 is 0 Å². The molecule has 0 N–H and O–H groups in total. The highest BCUT2D eigenvalue weighted by molar-refractivity contribution is 6.61. The van der Waals surface area contributed by atoms with Crippen LogP contribution in [-0.2, 0) is 9.31 Å². The molecule has 0 amide bonds. The zero-order valence-electron chi connectivity index (χ0n) is 12.0. The van der Waals surface area contributed by atoms with Gasteiger partial charge in [0.2, 0.25) is 5.78 Å². The fourth-order valence-electron chi connectivity index (χ4n) is 2.12. The number of aromatic nitrogens is 3. The van der Waals surface area contributed by atoms with Crippen molar-refractivity contribution in [2.24, 2.45) is 0 Å². The monoisotopic (exact) mass is 259 g/mol. The number of imidazole rings is 1. The van der Waals surface area contributed by atoms with E-state index in [2.05, 4.69) is 9.97 Å². The summed E-state index contributed by atoms with van der Waals surface area (Å²) in [5.41, 5.74) is 1.18. The predicted molar refractivity (Wildman–Crippen MR) is 73.4 cm³/mol. The maximum atomic E-state index is 6.01. The Labute approximate surface area is 113 Å². The first-order valence-electron chi connectivity index (χ1n) is 6.45. The van der Waals surface area contributed by atoms with Crippen molar-refractivity contribution in [1.29, 1.82) is 0 Å². The van der Waals surface area contributed by atoms with Crippen molar-refractivity contribution in [1.82, 2.24) is 14.4 Å². The molecular weight excluding hydrogens is 241 g/mol. The third kappa shape index (κ3) is 1.95. The largest absolute Gasteiger partial charge is 0.497 e. The molecule has 0 bridgehead atoms. The molecule has 0 unspecified atom stereocenters. The van der Waals surface area contributed by atoms with Crippen LogP contribution in [0.2, 0.25) is 0 Å². The summed E-state index contributed by atoms with van der Waals surface area (Å²) in [5.74, 6) is 0.692. The number of aryl methyl sites for hydroxylation is 1. The van der Waals surface area contributed by atoms with Gasteiger partial charge in [-0.05, 0) is 34.6 Å². The Morgan fingerprint density at radius 2 is 1.74 bits per heavy atom. The fraction of sp³-hybridized carbons (Fsp3) is 0.538. The molecule has 0 saturated carbocycles. The second-order valence-corrected chi connectivity index (χ2v) is 6.07. The third-order valence-electron chi connectivity index (χ3n) is 3.98. The van der Waals surface area contributed by atoms with Crippen molar-refractivity contribution < 1.29 is 9.31 Å². The van der Waals surface area contributed by atoms with Gasteiger partial charge in [0, 0.05) is 24.1 Å². The van der Waals surface area contributed by atoms with Gasteiger partial charge in [-0.1, -0.05) is 0 Å². The summed E-state index contributed by atoms with van der Waals surface area (Å²) < 4.78 is 13.9. The third-order valence-corrected chi connectivity index (χ3v) is 3.98. The maximum Gasteiger partial charge on any atom is 0.497 e. The van der Waals surface area contributed by atoms with E-state index < -0.39 is 0 Å². The number of hydrogen-bond donors (Lipinski definition) is 0. The average molecular weight is 259 g/mol. The van der Waals surface area contributed by atoms with Gasteiger partial charge in [0.25, 0.3) is 0 Å². The molecular formula is C13H18BN3O2. The summed E-state index contributed by atoms with van der Waals surface area (Å²) in [7, 11) is -0.385. The summed E-state index contributed by atoms with van der Waals surface area (Å²) in [6.45, 7) is 10.1. The molecule has 3 heterocycles. The minimum absolute atomic E-state index is 0.336. The molecule has 5 nitrogen and oxygen atoms in total. The first-order chi connectivity index (χ1) is 8.78. The Kier molecular flexibility index (Phi) is 2.53. The van der Waals surface area contributed by atoms with Crippen LogP contribution in [0.15, 0.2) is 18.6 Å². The van der Waals surface area contributed by atoms with Crippen molar-refractivity contribution in [2.75, 3.05) is 0 Å². The van der Waals surface area contributed by atoms with Gasteiger partial charge in [-0.2, -0.15) is 0 Å². The van der Waals surface area contributed by atoms with Crippen molar-refractivity contribution >= 4 is 18.4 Å². The lowest BCUT2D eigenvalue weighted by atomic mass is 9.81. The number of nitrogens with zero attached hydrogens (tertiary/aromatic N) is 3. The van der Waals surface area contributed by atoms with Crippen LogP contribution < -0.4 is 5.46 Å². The summed E-state index contributed by atoms with van der Waals surface area (Å²) in [6.07, 6.45) is 5.67. The van der Waals surface area contributed by atoms with Crippen LogP contribution in [0.25, 0.3) is 5.78 Å². The minimum Gasteiger partial charge on any atom is -0.399 e. The normalized spacial score (nSPS) is 21.2. The van der Waals surface area contributed by atoms with Gasteiger partial charge in [0.15, 0.2) is 0 Å². The minimum atomic E-state index is -0.385. The van der Waals surface area contributed by atoms with Gasteiger partial charge in [0.1, 0.15) is 0 Å². The molecule has 0 aliphatic carbocycles. The van der Waals surface area contributed by atoms with Crippen LogP contribution >= 0.6 is 0 Å². The SMILES string of the molecule is Cc1cn2cc(B3OC(C)(C)C(C)(C)O3)cnc2n1. The van der Waals surface area contributed by atoms with Gasteiger partial charge < -0.3 is 9.31 Å². The highest BCUT2D eigenvalue weighted by Crippen LogP contribution is 2.36. The molecule has 0 radical (unpaired) electrons. The molecule has 0 aromatic carbocycles. The Hall–Kier alpha value is -1.40. The topological polar surface area (TPSA) is 48.7 Å². The molecule has 6 heteroatoms. The summed E-state index contributed by atoms with van der Waals surface area (Å²) in [6, 6.07) is 0. The zero-order chi connectivity index (χ0) is 13.8. The van der Waals surface area contributed by atoms with E-state index in [0.29, 0.717) is 5.78 Å². The molecule has 3 rings (SSSR count). The van der Waals surface area contributed by atoms with Crippen molar-refractivity contribution in [3.8, 4) is 0 Å². The van der Waals surface area contributed by atoms with Gasteiger partial charge in [-0.3, -0.25) is 4.40 Å². The van der Waals surface area contributed by atoms with Crippen LogP contribution in [0.1, 0.15) is 33.4 Å². The van der Waals surface area contributed by atoms with Crippen LogP contribution in [0.4, 0.5) is 0 Å². The molecule has 100 valence electrons. The van der Waals surface area contributed by atoms with Crippen LogP contribution in [0.5, 0.6) is 0 Å². The summed E-state index contributed by atoms with van der Waals surface area (Å²) >= 11 is 0. The molecule has 2 aromatic rings. The van der Waals surface area contributed by atoms with E-state index in [1.807, 2.05) is 51.4 Å². The Balaban J connectivity index is 1.97. The molecule has 1 aliphatic rings. The maximum absolute atomic E-state index is 6.01. The van der Waals surface area contributed by atoms with E-state index in [0.717, 1.165) is 11.2 Å². The van der Waals surface area contributed by atoms with Gasteiger partial charge >= 0.3 is 7.12 Å².